The zero-order valence-corrected chi connectivity index (χ0v) is 14.3. The minimum Gasteiger partial charge on any atom is -0.354 e. The molecule has 0 fully saturated rings. The molecular weight excluding hydrogens is 278 g/mol. The molecule has 0 spiro atoms. The number of carbonyl (C=O) groups excluding carboxylic acids is 1. The lowest BCUT2D eigenvalue weighted by Gasteiger charge is -2.21. The number of aromatic nitrogens is 2. The summed E-state index contributed by atoms with van der Waals surface area (Å²) in [6, 6.07) is 0. The zero-order valence-electron chi connectivity index (χ0n) is 14.3. The van der Waals surface area contributed by atoms with E-state index in [9.17, 15) is 4.79 Å². The summed E-state index contributed by atoms with van der Waals surface area (Å²) in [5, 5.41) is 3.17. The van der Waals surface area contributed by atoms with Crippen LogP contribution in [-0.4, -0.2) is 65.9 Å². The molecule has 1 rings (SSSR count). The molecule has 0 saturated heterocycles. The maximum atomic E-state index is 12.4. The molecule has 6 nitrogen and oxygen atoms in total. The lowest BCUT2D eigenvalue weighted by molar-refractivity contribution is 0.0754. The van der Waals surface area contributed by atoms with Crippen LogP contribution in [0.15, 0.2) is 12.4 Å². The first-order valence-electron chi connectivity index (χ1n) is 8.08. The van der Waals surface area contributed by atoms with E-state index in [0.29, 0.717) is 11.5 Å². The topological polar surface area (TPSA) is 61.4 Å². The van der Waals surface area contributed by atoms with E-state index in [1.54, 1.807) is 12.4 Å². The Hall–Kier alpha value is -1.69. The van der Waals surface area contributed by atoms with Gasteiger partial charge in [0.1, 0.15) is 0 Å². The molecule has 0 atom stereocenters. The monoisotopic (exact) mass is 307 g/mol. The van der Waals surface area contributed by atoms with Crippen molar-refractivity contribution in [2.24, 2.45) is 0 Å². The zero-order chi connectivity index (χ0) is 16.4. The molecule has 0 aliphatic rings. The van der Waals surface area contributed by atoms with E-state index in [4.69, 9.17) is 0 Å². The Morgan fingerprint density at radius 2 is 1.68 bits per heavy atom. The van der Waals surface area contributed by atoms with Gasteiger partial charge in [0.05, 0.1) is 5.56 Å². The van der Waals surface area contributed by atoms with Crippen LogP contribution in [-0.2, 0) is 0 Å². The summed E-state index contributed by atoms with van der Waals surface area (Å²) in [6.45, 7) is 7.55. The molecule has 0 bridgehead atoms. The van der Waals surface area contributed by atoms with Crippen LogP contribution in [0.25, 0.3) is 0 Å². The van der Waals surface area contributed by atoms with Gasteiger partial charge < -0.3 is 15.1 Å². The number of carbonyl (C=O) groups is 1. The van der Waals surface area contributed by atoms with Gasteiger partial charge in [-0.15, -0.1) is 0 Å². The number of hydrogen-bond donors (Lipinski definition) is 1. The smallest absolute Gasteiger partial charge is 0.256 e. The largest absolute Gasteiger partial charge is 0.354 e. The molecule has 0 aliphatic heterocycles. The Balaban J connectivity index is 2.53. The average Bonchev–Trinajstić information content (AvgIpc) is 2.51. The molecule has 6 heteroatoms. The first kappa shape index (κ1) is 18.4. The number of nitrogens with zero attached hydrogens (tertiary/aromatic N) is 4. The maximum absolute atomic E-state index is 12.4. The molecule has 0 unspecified atom stereocenters. The number of hydrogen-bond acceptors (Lipinski definition) is 5. The van der Waals surface area contributed by atoms with Crippen LogP contribution in [0.1, 0.15) is 43.5 Å². The van der Waals surface area contributed by atoms with Gasteiger partial charge in [-0.25, -0.2) is 9.97 Å². The van der Waals surface area contributed by atoms with Crippen LogP contribution in [0.2, 0.25) is 0 Å². The Kier molecular flexibility index (Phi) is 8.43. The summed E-state index contributed by atoms with van der Waals surface area (Å²) < 4.78 is 0. The molecular formula is C16H29N5O. The Morgan fingerprint density at radius 3 is 2.18 bits per heavy atom. The van der Waals surface area contributed by atoms with Crippen molar-refractivity contribution in [1.29, 1.82) is 0 Å². The molecule has 22 heavy (non-hydrogen) atoms. The molecule has 0 saturated carbocycles. The van der Waals surface area contributed by atoms with E-state index in [1.807, 2.05) is 4.90 Å². The lowest BCUT2D eigenvalue weighted by atomic mass is 10.2. The Morgan fingerprint density at radius 1 is 1.09 bits per heavy atom. The number of rotatable bonds is 10. The summed E-state index contributed by atoms with van der Waals surface area (Å²) >= 11 is 0. The van der Waals surface area contributed by atoms with Crippen LogP contribution in [0.4, 0.5) is 5.95 Å². The third-order valence-electron chi connectivity index (χ3n) is 3.24. The van der Waals surface area contributed by atoms with Crippen molar-refractivity contribution in [3.05, 3.63) is 18.0 Å². The van der Waals surface area contributed by atoms with Crippen LogP contribution in [0, 0.1) is 0 Å². The second-order valence-electron chi connectivity index (χ2n) is 5.67. The van der Waals surface area contributed by atoms with E-state index in [2.05, 4.69) is 48.1 Å². The number of nitrogens with one attached hydrogen (secondary N) is 1. The second-order valence-corrected chi connectivity index (χ2v) is 5.67. The lowest BCUT2D eigenvalue weighted by Crippen LogP contribution is -2.32. The molecule has 1 N–H and O–H groups in total. The summed E-state index contributed by atoms with van der Waals surface area (Å²) in [7, 11) is 4.10. The maximum Gasteiger partial charge on any atom is 0.256 e. The van der Waals surface area contributed by atoms with Gasteiger partial charge in [0.2, 0.25) is 5.95 Å². The number of amides is 1. The van der Waals surface area contributed by atoms with Gasteiger partial charge in [-0.05, 0) is 39.9 Å². The van der Waals surface area contributed by atoms with E-state index >= 15 is 0 Å². The van der Waals surface area contributed by atoms with Crippen molar-refractivity contribution in [2.75, 3.05) is 45.6 Å². The molecule has 124 valence electrons. The van der Waals surface area contributed by atoms with Gasteiger partial charge in [0.25, 0.3) is 5.91 Å². The van der Waals surface area contributed by atoms with Crippen LogP contribution < -0.4 is 5.32 Å². The van der Waals surface area contributed by atoms with E-state index in [-0.39, 0.29) is 5.91 Å². The molecule has 1 amide bonds. The van der Waals surface area contributed by atoms with E-state index < -0.39 is 0 Å². The fourth-order valence-corrected chi connectivity index (χ4v) is 2.16. The quantitative estimate of drug-likeness (QED) is 0.671. The average molecular weight is 307 g/mol. The highest BCUT2D eigenvalue weighted by Crippen LogP contribution is 2.06. The fraction of sp³-hybridized carbons (Fsp3) is 0.688. The van der Waals surface area contributed by atoms with Crippen LogP contribution in [0.3, 0.4) is 0 Å². The standard InChI is InChI=1S/C16H29N5O/c1-5-9-21(10-6-2)15(22)14-12-18-16(19-13-14)17-8-7-11-20(3)4/h12-13H,5-11H2,1-4H3,(H,17,18,19). The summed E-state index contributed by atoms with van der Waals surface area (Å²) in [5.74, 6) is 0.593. The predicted octanol–water partition coefficient (Wildman–Crippen LogP) is 2.10. The molecule has 0 aliphatic carbocycles. The molecule has 0 aromatic carbocycles. The van der Waals surface area contributed by atoms with Crippen molar-refractivity contribution in [2.45, 2.75) is 33.1 Å². The number of anilines is 1. The van der Waals surface area contributed by atoms with Gasteiger partial charge in [0, 0.05) is 32.0 Å². The minimum absolute atomic E-state index is 0.0165. The van der Waals surface area contributed by atoms with Gasteiger partial charge in [-0.3, -0.25) is 4.79 Å². The predicted molar refractivity (Wildman–Crippen MR) is 90.2 cm³/mol. The summed E-state index contributed by atoms with van der Waals surface area (Å²) in [6.07, 6.45) is 6.16. The molecule has 1 heterocycles. The Labute approximate surface area is 133 Å². The molecule has 1 aromatic heterocycles. The van der Waals surface area contributed by atoms with Gasteiger partial charge >= 0.3 is 0 Å². The normalized spacial score (nSPS) is 10.8. The minimum atomic E-state index is 0.0165. The molecule has 1 aromatic rings. The van der Waals surface area contributed by atoms with Crippen LogP contribution >= 0.6 is 0 Å². The molecule has 0 radical (unpaired) electrons. The highest BCUT2D eigenvalue weighted by molar-refractivity contribution is 5.93. The van der Waals surface area contributed by atoms with E-state index in [0.717, 1.165) is 45.4 Å². The van der Waals surface area contributed by atoms with Crippen molar-refractivity contribution in [1.82, 2.24) is 19.8 Å². The first-order chi connectivity index (χ1) is 10.6. The van der Waals surface area contributed by atoms with Gasteiger partial charge in [-0.1, -0.05) is 13.8 Å². The fourth-order valence-electron chi connectivity index (χ4n) is 2.16. The summed E-state index contributed by atoms with van der Waals surface area (Å²) in [4.78, 5) is 24.9. The third kappa shape index (κ3) is 6.39. The Bertz CT molecular complexity index is 427. The van der Waals surface area contributed by atoms with Gasteiger partial charge in [0.15, 0.2) is 0 Å². The van der Waals surface area contributed by atoms with Crippen molar-refractivity contribution < 1.29 is 4.79 Å². The highest BCUT2D eigenvalue weighted by Gasteiger charge is 2.14. The van der Waals surface area contributed by atoms with Crippen LogP contribution in [0.5, 0.6) is 0 Å². The second kappa shape index (κ2) is 10.1. The third-order valence-corrected chi connectivity index (χ3v) is 3.24. The van der Waals surface area contributed by atoms with Gasteiger partial charge in [-0.2, -0.15) is 0 Å². The highest BCUT2D eigenvalue weighted by atomic mass is 16.2. The summed E-state index contributed by atoms with van der Waals surface area (Å²) in [5.41, 5.74) is 0.556. The SMILES string of the molecule is CCCN(CCC)C(=O)c1cnc(NCCCN(C)C)nc1. The van der Waals surface area contributed by atoms with Crippen molar-refractivity contribution in [3.63, 3.8) is 0 Å². The van der Waals surface area contributed by atoms with E-state index in [1.165, 1.54) is 0 Å². The first-order valence-corrected chi connectivity index (χ1v) is 8.08. The van der Waals surface area contributed by atoms with Crippen molar-refractivity contribution in [3.8, 4) is 0 Å². The van der Waals surface area contributed by atoms with Crippen molar-refractivity contribution >= 4 is 11.9 Å².